The summed E-state index contributed by atoms with van der Waals surface area (Å²) in [6.45, 7) is 1.28. The number of benzene rings is 2. The summed E-state index contributed by atoms with van der Waals surface area (Å²) in [6, 6.07) is 10.6. The van der Waals surface area contributed by atoms with Gasteiger partial charge in [0, 0.05) is 44.4 Å². The Morgan fingerprint density at radius 2 is 1.74 bits per heavy atom. The van der Waals surface area contributed by atoms with E-state index in [1.807, 2.05) is 18.2 Å². The zero-order valence-corrected chi connectivity index (χ0v) is 16.1. The first-order valence-corrected chi connectivity index (χ1v) is 8.53. The van der Waals surface area contributed by atoms with Crippen molar-refractivity contribution in [1.29, 1.82) is 0 Å². The fourth-order valence-electron chi connectivity index (χ4n) is 2.59. The number of hydrogen-bond donors (Lipinski definition) is 2. The number of ether oxygens (including phenoxy) is 3. The van der Waals surface area contributed by atoms with Crippen LogP contribution < -0.4 is 20.1 Å². The number of nitrogens with one attached hydrogen (secondary N) is 2. The van der Waals surface area contributed by atoms with Crippen molar-refractivity contribution < 1.29 is 18.6 Å². The van der Waals surface area contributed by atoms with Crippen molar-refractivity contribution >= 4 is 5.96 Å². The molecule has 7 heteroatoms. The summed E-state index contributed by atoms with van der Waals surface area (Å²) < 4.78 is 29.3. The third-order valence-electron chi connectivity index (χ3n) is 4.03. The van der Waals surface area contributed by atoms with Gasteiger partial charge in [-0.05, 0) is 29.8 Å². The normalized spacial score (nSPS) is 11.2. The third-order valence-corrected chi connectivity index (χ3v) is 4.03. The lowest BCUT2D eigenvalue weighted by Gasteiger charge is -2.15. The van der Waals surface area contributed by atoms with Gasteiger partial charge >= 0.3 is 0 Å². The Kier molecular flexibility index (Phi) is 7.88. The molecule has 2 aromatic carbocycles. The molecule has 0 atom stereocenters. The topological polar surface area (TPSA) is 64.1 Å². The van der Waals surface area contributed by atoms with E-state index in [1.54, 1.807) is 40.5 Å². The van der Waals surface area contributed by atoms with E-state index in [2.05, 4.69) is 15.6 Å². The van der Waals surface area contributed by atoms with Gasteiger partial charge in [0.15, 0.2) is 5.96 Å². The smallest absolute Gasteiger partial charge is 0.191 e. The first-order chi connectivity index (χ1) is 13.1. The number of methoxy groups -OCH3 is 3. The molecule has 6 nitrogen and oxygen atoms in total. The van der Waals surface area contributed by atoms with Crippen LogP contribution in [0.3, 0.4) is 0 Å². The minimum Gasteiger partial charge on any atom is -0.497 e. The summed E-state index contributed by atoms with van der Waals surface area (Å²) in [4.78, 5) is 4.21. The zero-order chi connectivity index (χ0) is 19.6. The highest BCUT2D eigenvalue weighted by molar-refractivity contribution is 5.79. The number of rotatable bonds is 8. The van der Waals surface area contributed by atoms with Crippen LogP contribution in [0.5, 0.6) is 11.5 Å². The Balaban J connectivity index is 1.96. The van der Waals surface area contributed by atoms with Crippen LogP contribution in [0, 0.1) is 5.82 Å². The molecular formula is C20H26FN3O3. The van der Waals surface area contributed by atoms with E-state index >= 15 is 0 Å². The highest BCUT2D eigenvalue weighted by Gasteiger charge is 2.07. The van der Waals surface area contributed by atoms with Crippen molar-refractivity contribution in [3.05, 3.63) is 58.9 Å². The average molecular weight is 375 g/mol. The van der Waals surface area contributed by atoms with Gasteiger partial charge in [0.25, 0.3) is 0 Å². The first kappa shape index (κ1) is 20.5. The molecule has 146 valence electrons. The van der Waals surface area contributed by atoms with Crippen molar-refractivity contribution in [2.24, 2.45) is 4.99 Å². The lowest BCUT2D eigenvalue weighted by Crippen LogP contribution is -2.36. The Labute approximate surface area is 159 Å². The predicted molar refractivity (Wildman–Crippen MR) is 104 cm³/mol. The van der Waals surface area contributed by atoms with Crippen LogP contribution in [0.2, 0.25) is 0 Å². The highest BCUT2D eigenvalue weighted by Crippen LogP contribution is 2.24. The Morgan fingerprint density at radius 1 is 0.963 bits per heavy atom. The van der Waals surface area contributed by atoms with Crippen molar-refractivity contribution in [2.45, 2.75) is 19.7 Å². The third kappa shape index (κ3) is 5.86. The molecule has 2 rings (SSSR count). The second-order valence-corrected chi connectivity index (χ2v) is 5.82. The molecule has 0 radical (unpaired) electrons. The van der Waals surface area contributed by atoms with E-state index < -0.39 is 0 Å². The Hall–Kier alpha value is -2.80. The largest absolute Gasteiger partial charge is 0.497 e. The van der Waals surface area contributed by atoms with Crippen LogP contribution in [0.1, 0.15) is 16.7 Å². The van der Waals surface area contributed by atoms with E-state index in [9.17, 15) is 4.39 Å². The molecule has 0 aliphatic heterocycles. The Bertz CT molecular complexity index is 781. The molecule has 0 saturated heterocycles. The van der Waals surface area contributed by atoms with Gasteiger partial charge in [0.1, 0.15) is 17.3 Å². The number of hydrogen-bond acceptors (Lipinski definition) is 4. The van der Waals surface area contributed by atoms with Crippen molar-refractivity contribution in [1.82, 2.24) is 10.6 Å². The zero-order valence-electron chi connectivity index (χ0n) is 16.1. The molecule has 0 unspecified atom stereocenters. The lowest BCUT2D eigenvalue weighted by atomic mass is 10.1. The standard InChI is InChI=1S/C20H26FN3O3/c1-22-20(23-11-14-5-8-18(21)16(9-14)13-25-2)24-12-15-6-7-17(26-3)10-19(15)27-4/h5-10H,11-13H2,1-4H3,(H2,22,23,24). The molecule has 2 aromatic rings. The van der Waals surface area contributed by atoms with Crippen LogP contribution >= 0.6 is 0 Å². The number of guanidine groups is 1. The minimum atomic E-state index is -0.269. The van der Waals surface area contributed by atoms with Crippen LogP contribution in [0.15, 0.2) is 41.4 Å². The maximum atomic E-state index is 13.7. The molecule has 2 N–H and O–H groups in total. The van der Waals surface area contributed by atoms with E-state index in [-0.39, 0.29) is 12.4 Å². The van der Waals surface area contributed by atoms with Gasteiger partial charge in [0.2, 0.25) is 0 Å². The minimum absolute atomic E-state index is 0.240. The predicted octanol–water partition coefficient (Wildman–Crippen LogP) is 2.85. The van der Waals surface area contributed by atoms with Gasteiger partial charge in [-0.1, -0.05) is 6.07 Å². The molecule has 27 heavy (non-hydrogen) atoms. The first-order valence-electron chi connectivity index (χ1n) is 8.53. The quantitative estimate of drug-likeness (QED) is 0.549. The molecule has 0 aliphatic carbocycles. The van der Waals surface area contributed by atoms with Crippen molar-refractivity contribution in [3.63, 3.8) is 0 Å². The second-order valence-electron chi connectivity index (χ2n) is 5.82. The monoisotopic (exact) mass is 375 g/mol. The van der Waals surface area contributed by atoms with E-state index in [0.717, 1.165) is 22.6 Å². The molecule has 0 saturated carbocycles. The van der Waals surface area contributed by atoms with Gasteiger partial charge in [0.05, 0.1) is 20.8 Å². The maximum absolute atomic E-state index is 13.7. The lowest BCUT2D eigenvalue weighted by molar-refractivity contribution is 0.181. The Morgan fingerprint density at radius 3 is 2.41 bits per heavy atom. The summed E-state index contributed by atoms with van der Waals surface area (Å²) >= 11 is 0. The molecular weight excluding hydrogens is 349 g/mol. The molecule has 0 heterocycles. The maximum Gasteiger partial charge on any atom is 0.191 e. The average Bonchev–Trinajstić information content (AvgIpc) is 2.70. The fourth-order valence-corrected chi connectivity index (χ4v) is 2.59. The van der Waals surface area contributed by atoms with E-state index in [0.29, 0.717) is 24.6 Å². The number of aliphatic imine (C=N–C) groups is 1. The van der Waals surface area contributed by atoms with E-state index in [4.69, 9.17) is 14.2 Å². The molecule has 0 fully saturated rings. The second kappa shape index (κ2) is 10.4. The van der Waals surface area contributed by atoms with Gasteiger partial charge in [-0.25, -0.2) is 4.39 Å². The summed E-state index contributed by atoms with van der Waals surface area (Å²) in [5.74, 6) is 1.83. The van der Waals surface area contributed by atoms with Crippen molar-refractivity contribution in [2.75, 3.05) is 28.4 Å². The van der Waals surface area contributed by atoms with Gasteiger partial charge in [-0.2, -0.15) is 0 Å². The number of halogens is 1. The molecule has 0 aromatic heterocycles. The SMILES string of the molecule is CN=C(NCc1ccc(F)c(COC)c1)NCc1ccc(OC)cc1OC. The van der Waals surface area contributed by atoms with Crippen LogP contribution in [-0.4, -0.2) is 34.3 Å². The molecule has 0 amide bonds. The van der Waals surface area contributed by atoms with E-state index in [1.165, 1.54) is 6.07 Å². The summed E-state index contributed by atoms with van der Waals surface area (Å²) in [7, 11) is 6.48. The fraction of sp³-hybridized carbons (Fsp3) is 0.350. The van der Waals surface area contributed by atoms with Gasteiger partial charge in [-0.3, -0.25) is 4.99 Å². The van der Waals surface area contributed by atoms with Crippen LogP contribution in [-0.2, 0) is 24.4 Å². The highest BCUT2D eigenvalue weighted by atomic mass is 19.1. The number of nitrogens with zero attached hydrogens (tertiary/aromatic N) is 1. The summed E-state index contributed by atoms with van der Waals surface area (Å²) in [6.07, 6.45) is 0. The molecule has 0 spiro atoms. The van der Waals surface area contributed by atoms with Crippen molar-refractivity contribution in [3.8, 4) is 11.5 Å². The van der Waals surface area contributed by atoms with Gasteiger partial charge in [-0.15, -0.1) is 0 Å². The van der Waals surface area contributed by atoms with Gasteiger partial charge < -0.3 is 24.8 Å². The molecule has 0 bridgehead atoms. The van der Waals surface area contributed by atoms with Crippen LogP contribution in [0.25, 0.3) is 0 Å². The molecule has 0 aliphatic rings. The van der Waals surface area contributed by atoms with Crippen LogP contribution in [0.4, 0.5) is 4.39 Å². The summed E-state index contributed by atoms with van der Waals surface area (Å²) in [5.41, 5.74) is 2.45. The summed E-state index contributed by atoms with van der Waals surface area (Å²) in [5, 5.41) is 6.45.